The molecule has 0 spiro atoms. The lowest BCUT2D eigenvalue weighted by Crippen LogP contribution is -2.18. The van der Waals surface area contributed by atoms with Crippen molar-refractivity contribution < 1.29 is 13.6 Å². The van der Waals surface area contributed by atoms with Crippen LogP contribution in [-0.2, 0) is 19.8 Å². The standard InChI is InChI=1S/C20H25N2O3PS/c1-4-24-26(23,25-14-13-22(2)3)15-16-9-11-17(12-10-16)20-21-18-7-5-6-8-19(18)27-20/h5-12H,4,13-15H2,1-3H3. The van der Waals surface area contributed by atoms with Gasteiger partial charge in [0.1, 0.15) is 5.01 Å². The average molecular weight is 404 g/mol. The van der Waals surface area contributed by atoms with Crippen molar-refractivity contribution >= 4 is 29.1 Å². The van der Waals surface area contributed by atoms with Crippen LogP contribution in [0, 0.1) is 0 Å². The first-order valence-corrected chi connectivity index (χ1v) is 11.5. The Morgan fingerprint density at radius 3 is 2.48 bits per heavy atom. The molecular weight excluding hydrogens is 379 g/mol. The molecule has 27 heavy (non-hydrogen) atoms. The van der Waals surface area contributed by atoms with Crippen LogP contribution in [0.4, 0.5) is 0 Å². The van der Waals surface area contributed by atoms with Crippen LogP contribution in [0.3, 0.4) is 0 Å². The Morgan fingerprint density at radius 1 is 1.07 bits per heavy atom. The molecular formula is C20H25N2O3PS. The number of nitrogens with zero attached hydrogens (tertiary/aromatic N) is 2. The molecule has 0 saturated heterocycles. The quantitative estimate of drug-likeness (QED) is 0.455. The molecule has 1 atom stereocenters. The van der Waals surface area contributed by atoms with Crippen LogP contribution in [0.15, 0.2) is 48.5 Å². The van der Waals surface area contributed by atoms with Crippen LogP contribution >= 0.6 is 18.9 Å². The van der Waals surface area contributed by atoms with Gasteiger partial charge in [0.15, 0.2) is 0 Å². The fourth-order valence-corrected chi connectivity index (χ4v) is 5.30. The maximum atomic E-state index is 13.0. The molecule has 3 rings (SSSR count). The minimum absolute atomic E-state index is 0.272. The van der Waals surface area contributed by atoms with Gasteiger partial charge in [0.25, 0.3) is 0 Å². The van der Waals surface area contributed by atoms with Crippen LogP contribution in [0.25, 0.3) is 20.8 Å². The Kier molecular flexibility index (Phi) is 6.79. The number of aromatic nitrogens is 1. The maximum Gasteiger partial charge on any atom is 0.335 e. The summed E-state index contributed by atoms with van der Waals surface area (Å²) in [6.07, 6.45) is 0.272. The summed E-state index contributed by atoms with van der Waals surface area (Å²) in [7, 11) is 0.761. The Labute approximate surface area is 164 Å². The van der Waals surface area contributed by atoms with Crippen molar-refractivity contribution in [3.63, 3.8) is 0 Å². The Bertz CT molecular complexity index is 891. The summed E-state index contributed by atoms with van der Waals surface area (Å²) >= 11 is 1.67. The normalized spacial score (nSPS) is 13.9. The van der Waals surface area contributed by atoms with Crippen molar-refractivity contribution in [1.82, 2.24) is 9.88 Å². The molecule has 0 N–H and O–H groups in total. The third-order valence-electron chi connectivity index (χ3n) is 4.02. The second kappa shape index (κ2) is 9.09. The number of likely N-dealkylation sites (N-methyl/N-ethyl adjacent to an activating group) is 1. The van der Waals surface area contributed by atoms with Gasteiger partial charge in [-0.3, -0.25) is 4.57 Å². The fraction of sp³-hybridized carbons (Fsp3) is 0.350. The SMILES string of the molecule is CCOP(=O)(Cc1ccc(-c2nc3ccccc3s2)cc1)OCCN(C)C. The van der Waals surface area contributed by atoms with Crippen molar-refractivity contribution in [3.8, 4) is 10.6 Å². The van der Waals surface area contributed by atoms with Crippen LogP contribution in [-0.4, -0.2) is 43.7 Å². The Hall–Kier alpha value is -1.56. The van der Waals surface area contributed by atoms with E-state index in [1.165, 1.54) is 4.70 Å². The van der Waals surface area contributed by atoms with Gasteiger partial charge in [-0.2, -0.15) is 0 Å². The highest BCUT2D eigenvalue weighted by atomic mass is 32.1. The van der Waals surface area contributed by atoms with Crippen molar-refractivity contribution in [1.29, 1.82) is 0 Å². The first-order valence-electron chi connectivity index (χ1n) is 8.97. The van der Waals surface area contributed by atoms with E-state index in [1.54, 1.807) is 11.3 Å². The molecule has 2 aromatic carbocycles. The highest BCUT2D eigenvalue weighted by Gasteiger charge is 2.24. The predicted molar refractivity (Wildman–Crippen MR) is 112 cm³/mol. The Morgan fingerprint density at radius 2 is 1.81 bits per heavy atom. The molecule has 1 unspecified atom stereocenters. The lowest BCUT2D eigenvalue weighted by molar-refractivity contribution is 0.194. The lowest BCUT2D eigenvalue weighted by Gasteiger charge is -2.19. The predicted octanol–water partition coefficient (Wildman–Crippen LogP) is 5.27. The van der Waals surface area contributed by atoms with Gasteiger partial charge in [0.2, 0.25) is 0 Å². The molecule has 5 nitrogen and oxygen atoms in total. The van der Waals surface area contributed by atoms with E-state index in [-0.39, 0.29) is 6.16 Å². The van der Waals surface area contributed by atoms with Crippen molar-refractivity contribution in [2.45, 2.75) is 13.1 Å². The van der Waals surface area contributed by atoms with Crippen molar-refractivity contribution in [2.75, 3.05) is 33.9 Å². The van der Waals surface area contributed by atoms with E-state index >= 15 is 0 Å². The van der Waals surface area contributed by atoms with Gasteiger partial charge in [-0.1, -0.05) is 36.4 Å². The first kappa shape index (κ1) is 20.2. The highest BCUT2D eigenvalue weighted by molar-refractivity contribution is 7.53. The van der Waals surface area contributed by atoms with Gasteiger partial charge < -0.3 is 13.9 Å². The minimum atomic E-state index is -3.15. The molecule has 1 aromatic heterocycles. The highest BCUT2D eigenvalue weighted by Crippen LogP contribution is 2.51. The largest absolute Gasteiger partial charge is 0.335 e. The Balaban J connectivity index is 1.72. The van der Waals surface area contributed by atoms with Gasteiger partial charge in [-0.05, 0) is 38.7 Å². The molecule has 3 aromatic rings. The average Bonchev–Trinajstić information content (AvgIpc) is 3.06. The lowest BCUT2D eigenvalue weighted by atomic mass is 10.2. The summed E-state index contributed by atoms with van der Waals surface area (Å²) in [5.74, 6) is 0. The van der Waals surface area contributed by atoms with Crippen molar-refractivity contribution in [3.05, 3.63) is 54.1 Å². The van der Waals surface area contributed by atoms with E-state index in [4.69, 9.17) is 9.05 Å². The van der Waals surface area contributed by atoms with Gasteiger partial charge in [-0.25, -0.2) is 4.98 Å². The maximum absolute atomic E-state index is 13.0. The summed E-state index contributed by atoms with van der Waals surface area (Å²) in [6.45, 7) is 3.28. The van der Waals surface area contributed by atoms with E-state index in [0.29, 0.717) is 19.8 Å². The van der Waals surface area contributed by atoms with Crippen LogP contribution in [0.1, 0.15) is 12.5 Å². The number of rotatable bonds is 9. The van der Waals surface area contributed by atoms with Crippen LogP contribution in [0.2, 0.25) is 0 Å². The molecule has 1 heterocycles. The van der Waals surface area contributed by atoms with Gasteiger partial charge in [0, 0.05) is 12.1 Å². The topological polar surface area (TPSA) is 51.7 Å². The third-order valence-corrected chi connectivity index (χ3v) is 7.09. The van der Waals surface area contributed by atoms with Gasteiger partial charge in [-0.15, -0.1) is 11.3 Å². The summed E-state index contributed by atoms with van der Waals surface area (Å²) < 4.78 is 25.2. The molecule has 144 valence electrons. The zero-order valence-electron chi connectivity index (χ0n) is 15.9. The number of para-hydroxylation sites is 1. The number of benzene rings is 2. The monoisotopic (exact) mass is 404 g/mol. The smallest absolute Gasteiger partial charge is 0.309 e. The number of thiazole rings is 1. The molecule has 0 radical (unpaired) electrons. The zero-order chi connectivity index (χ0) is 19.3. The summed E-state index contributed by atoms with van der Waals surface area (Å²) in [5.41, 5.74) is 3.00. The van der Waals surface area contributed by atoms with E-state index in [1.807, 2.05) is 68.4 Å². The third kappa shape index (κ3) is 5.47. The molecule has 7 heteroatoms. The minimum Gasteiger partial charge on any atom is -0.309 e. The molecule has 0 aliphatic rings. The molecule has 0 amide bonds. The van der Waals surface area contributed by atoms with E-state index in [0.717, 1.165) is 21.7 Å². The second-order valence-electron chi connectivity index (χ2n) is 6.51. The zero-order valence-corrected chi connectivity index (χ0v) is 17.6. The molecule has 0 fully saturated rings. The second-order valence-corrected chi connectivity index (χ2v) is 9.59. The summed E-state index contributed by atoms with van der Waals surface area (Å²) in [5, 5.41) is 0.984. The number of fused-ring (bicyclic) bond motifs is 1. The first-order chi connectivity index (χ1) is 13.0. The van der Waals surface area contributed by atoms with Crippen molar-refractivity contribution in [2.24, 2.45) is 0 Å². The van der Waals surface area contributed by atoms with E-state index < -0.39 is 7.60 Å². The van der Waals surface area contributed by atoms with Gasteiger partial charge >= 0.3 is 7.60 Å². The van der Waals surface area contributed by atoms with E-state index in [2.05, 4.69) is 11.1 Å². The number of hydrogen-bond acceptors (Lipinski definition) is 6. The van der Waals surface area contributed by atoms with Crippen LogP contribution in [0.5, 0.6) is 0 Å². The summed E-state index contributed by atoms with van der Waals surface area (Å²) in [6, 6.07) is 16.1. The molecule has 0 saturated carbocycles. The molecule has 0 aliphatic carbocycles. The fourth-order valence-electron chi connectivity index (χ4n) is 2.66. The van der Waals surface area contributed by atoms with E-state index in [9.17, 15) is 4.57 Å². The van der Waals surface area contributed by atoms with Gasteiger partial charge in [0.05, 0.1) is 29.6 Å². The molecule has 0 aliphatic heterocycles. The van der Waals surface area contributed by atoms with Crippen LogP contribution < -0.4 is 0 Å². The number of hydrogen-bond donors (Lipinski definition) is 0. The summed E-state index contributed by atoms with van der Waals surface area (Å²) in [4.78, 5) is 6.67. The molecule has 0 bridgehead atoms.